The maximum atomic E-state index is 13.6. The van der Waals surface area contributed by atoms with E-state index in [1.807, 2.05) is 23.1 Å². The van der Waals surface area contributed by atoms with Crippen molar-refractivity contribution >= 4 is 11.7 Å². The Balaban J connectivity index is 1.36. The van der Waals surface area contributed by atoms with Crippen molar-refractivity contribution in [2.45, 2.75) is 43.6 Å². The highest BCUT2D eigenvalue weighted by molar-refractivity contribution is 6.00. The Morgan fingerprint density at radius 3 is 2.50 bits per heavy atom. The number of halogens is 3. The van der Waals surface area contributed by atoms with E-state index in [9.17, 15) is 18.0 Å². The second kappa shape index (κ2) is 7.89. The number of hydrogen-bond acceptors (Lipinski definition) is 5. The van der Waals surface area contributed by atoms with Crippen molar-refractivity contribution in [3.8, 4) is 11.4 Å². The van der Waals surface area contributed by atoms with E-state index in [0.29, 0.717) is 22.8 Å². The number of nitrogens with zero attached hydrogens (tertiary/aromatic N) is 4. The summed E-state index contributed by atoms with van der Waals surface area (Å²) in [6.45, 7) is 0. The third-order valence-corrected chi connectivity index (χ3v) is 6.16. The lowest BCUT2D eigenvalue weighted by molar-refractivity contribution is -0.137. The fourth-order valence-corrected chi connectivity index (χ4v) is 4.74. The Hall–Kier alpha value is -3.49. The van der Waals surface area contributed by atoms with Crippen molar-refractivity contribution in [3.05, 3.63) is 72.2 Å². The zero-order chi connectivity index (χ0) is 22.3. The van der Waals surface area contributed by atoms with Gasteiger partial charge in [-0.05, 0) is 43.5 Å². The summed E-state index contributed by atoms with van der Waals surface area (Å²) >= 11 is 0. The molecule has 9 heteroatoms. The van der Waals surface area contributed by atoms with Crippen LogP contribution in [0.25, 0.3) is 11.4 Å². The third-order valence-electron chi connectivity index (χ3n) is 6.16. The van der Waals surface area contributed by atoms with Gasteiger partial charge in [0, 0.05) is 36.2 Å². The normalized spacial score (nSPS) is 22.2. The van der Waals surface area contributed by atoms with Crippen LogP contribution < -0.4 is 5.32 Å². The number of nitrogens with one attached hydrogen (secondary N) is 1. The van der Waals surface area contributed by atoms with Crippen LogP contribution in [-0.2, 0) is 6.18 Å². The molecular formula is C23H20F3N5O. The topological polar surface area (TPSA) is 71.0 Å². The molecule has 2 bridgehead atoms. The van der Waals surface area contributed by atoms with Gasteiger partial charge in [0.05, 0.1) is 17.2 Å². The van der Waals surface area contributed by atoms with Gasteiger partial charge in [-0.15, -0.1) is 0 Å². The van der Waals surface area contributed by atoms with Gasteiger partial charge in [0.15, 0.2) is 5.82 Å². The number of fused-ring (bicyclic) bond motifs is 2. The molecule has 164 valence electrons. The quantitative estimate of drug-likeness (QED) is 0.652. The number of carbonyl (C=O) groups is 1. The SMILES string of the molecule is O=C(c1ccccc1-c1ncccn1)N1[C@@H]2CC[C@H]1[C@H](Nc1ccc(C(F)(F)F)cn1)C2. The Bertz CT molecular complexity index is 1120. The summed E-state index contributed by atoms with van der Waals surface area (Å²) in [7, 11) is 0. The Morgan fingerprint density at radius 1 is 1.00 bits per heavy atom. The van der Waals surface area contributed by atoms with Crippen LogP contribution in [0.3, 0.4) is 0 Å². The number of aromatic nitrogens is 3. The van der Waals surface area contributed by atoms with Crippen LogP contribution in [0.5, 0.6) is 0 Å². The van der Waals surface area contributed by atoms with Crippen molar-refractivity contribution in [1.82, 2.24) is 19.9 Å². The highest BCUT2D eigenvalue weighted by Gasteiger charge is 2.49. The largest absolute Gasteiger partial charge is 0.417 e. The molecule has 1 aromatic carbocycles. The van der Waals surface area contributed by atoms with Gasteiger partial charge in [-0.3, -0.25) is 4.79 Å². The van der Waals surface area contributed by atoms with Crippen LogP contribution in [0.4, 0.5) is 19.0 Å². The lowest BCUT2D eigenvalue weighted by atomic mass is 9.95. The van der Waals surface area contributed by atoms with Crippen LogP contribution in [0.2, 0.25) is 0 Å². The van der Waals surface area contributed by atoms with E-state index >= 15 is 0 Å². The van der Waals surface area contributed by atoms with Gasteiger partial charge in [0.1, 0.15) is 5.82 Å². The van der Waals surface area contributed by atoms with E-state index < -0.39 is 11.7 Å². The second-order valence-corrected chi connectivity index (χ2v) is 8.05. The van der Waals surface area contributed by atoms with Crippen LogP contribution in [0, 0.1) is 0 Å². The van der Waals surface area contributed by atoms with Gasteiger partial charge in [-0.1, -0.05) is 18.2 Å². The number of amides is 1. The first-order valence-corrected chi connectivity index (χ1v) is 10.4. The lowest BCUT2D eigenvalue weighted by Crippen LogP contribution is -2.40. The number of benzene rings is 1. The van der Waals surface area contributed by atoms with Gasteiger partial charge < -0.3 is 10.2 Å². The fourth-order valence-electron chi connectivity index (χ4n) is 4.74. The first-order chi connectivity index (χ1) is 15.4. The molecular weight excluding hydrogens is 419 g/mol. The molecule has 2 aromatic heterocycles. The molecule has 2 fully saturated rings. The highest BCUT2D eigenvalue weighted by atomic mass is 19.4. The van der Waals surface area contributed by atoms with Gasteiger partial charge in [0.2, 0.25) is 0 Å². The first-order valence-electron chi connectivity index (χ1n) is 10.4. The van der Waals surface area contributed by atoms with E-state index in [0.717, 1.165) is 31.5 Å². The minimum Gasteiger partial charge on any atom is -0.365 e. The summed E-state index contributed by atoms with van der Waals surface area (Å²) in [5.74, 6) is 0.790. The smallest absolute Gasteiger partial charge is 0.365 e. The molecule has 0 radical (unpaired) electrons. The average Bonchev–Trinajstić information content (AvgIpc) is 3.37. The van der Waals surface area contributed by atoms with E-state index in [1.54, 1.807) is 24.5 Å². The average molecular weight is 439 g/mol. The monoisotopic (exact) mass is 439 g/mol. The second-order valence-electron chi connectivity index (χ2n) is 8.05. The summed E-state index contributed by atoms with van der Waals surface area (Å²) in [5, 5.41) is 3.24. The molecule has 0 saturated carbocycles. The summed E-state index contributed by atoms with van der Waals surface area (Å²) in [6.07, 6.45) is 2.15. The van der Waals surface area contributed by atoms with Gasteiger partial charge in [-0.2, -0.15) is 13.2 Å². The molecule has 2 aliphatic heterocycles. The van der Waals surface area contributed by atoms with Crippen LogP contribution in [0.1, 0.15) is 35.2 Å². The molecule has 0 unspecified atom stereocenters. The minimum atomic E-state index is -4.42. The molecule has 1 N–H and O–H groups in total. The number of carbonyl (C=O) groups excluding carboxylic acids is 1. The minimum absolute atomic E-state index is 0.0543. The van der Waals surface area contributed by atoms with Crippen molar-refractivity contribution < 1.29 is 18.0 Å². The third kappa shape index (κ3) is 3.68. The molecule has 2 aliphatic rings. The Kier molecular flexibility index (Phi) is 5.03. The zero-order valence-corrected chi connectivity index (χ0v) is 17.0. The molecule has 0 spiro atoms. The zero-order valence-electron chi connectivity index (χ0n) is 17.0. The maximum Gasteiger partial charge on any atom is 0.417 e. The fraction of sp³-hybridized carbons (Fsp3) is 0.304. The van der Waals surface area contributed by atoms with Crippen molar-refractivity contribution in [1.29, 1.82) is 0 Å². The van der Waals surface area contributed by atoms with Crippen molar-refractivity contribution in [2.75, 3.05) is 5.32 Å². The molecule has 3 atom stereocenters. The van der Waals surface area contributed by atoms with E-state index in [-0.39, 0.29) is 24.0 Å². The molecule has 5 rings (SSSR count). The Labute approximate surface area is 182 Å². The standard InChI is InChI=1S/C23H20F3N5O/c24-23(25,26)14-6-9-20(29-13-14)30-18-12-15-7-8-19(18)31(15)22(32)17-5-2-1-4-16(17)21-27-10-3-11-28-21/h1-6,9-11,13,15,18-19H,7-8,12H2,(H,29,30)/t15-,18-,19+/m1/s1. The molecule has 2 saturated heterocycles. The number of alkyl halides is 3. The van der Waals surface area contributed by atoms with E-state index in [2.05, 4.69) is 20.3 Å². The van der Waals surface area contributed by atoms with E-state index in [1.165, 1.54) is 6.07 Å². The predicted octanol–water partition coefficient (Wildman–Crippen LogP) is 4.42. The number of pyridine rings is 1. The first kappa shape index (κ1) is 20.4. The number of hydrogen-bond donors (Lipinski definition) is 1. The van der Waals surface area contributed by atoms with Crippen LogP contribution in [-0.4, -0.2) is 43.9 Å². The Morgan fingerprint density at radius 2 is 1.78 bits per heavy atom. The maximum absolute atomic E-state index is 13.6. The van der Waals surface area contributed by atoms with E-state index in [4.69, 9.17) is 0 Å². The van der Waals surface area contributed by atoms with Crippen molar-refractivity contribution in [3.63, 3.8) is 0 Å². The number of rotatable bonds is 4. The summed E-state index contributed by atoms with van der Waals surface area (Å²) in [5.41, 5.74) is 0.440. The molecule has 1 amide bonds. The van der Waals surface area contributed by atoms with Gasteiger partial charge in [0.25, 0.3) is 5.91 Å². The van der Waals surface area contributed by atoms with Crippen LogP contribution >= 0.6 is 0 Å². The lowest BCUT2D eigenvalue weighted by Gasteiger charge is -2.26. The van der Waals surface area contributed by atoms with Gasteiger partial charge >= 0.3 is 6.18 Å². The molecule has 3 aromatic rings. The molecule has 4 heterocycles. The molecule has 6 nitrogen and oxygen atoms in total. The van der Waals surface area contributed by atoms with Gasteiger partial charge in [-0.25, -0.2) is 15.0 Å². The molecule has 32 heavy (non-hydrogen) atoms. The summed E-state index contributed by atoms with van der Waals surface area (Å²) in [4.78, 5) is 28.0. The molecule has 0 aliphatic carbocycles. The summed E-state index contributed by atoms with van der Waals surface area (Å²) in [6, 6.07) is 11.3. The van der Waals surface area contributed by atoms with Crippen LogP contribution in [0.15, 0.2) is 61.1 Å². The predicted molar refractivity (Wildman–Crippen MR) is 112 cm³/mol. The number of anilines is 1. The van der Waals surface area contributed by atoms with Crippen molar-refractivity contribution in [2.24, 2.45) is 0 Å². The highest BCUT2D eigenvalue weighted by Crippen LogP contribution is 2.41. The summed E-state index contributed by atoms with van der Waals surface area (Å²) < 4.78 is 38.4.